The molecular weight excluding hydrogens is 338 g/mol. The maximum atomic E-state index is 11.5. The zero-order valence-electron chi connectivity index (χ0n) is 9.82. The molecule has 8 nitrogen and oxygen atoms in total. The molecule has 0 bridgehead atoms. The van der Waals surface area contributed by atoms with Crippen LogP contribution < -0.4 is 9.88 Å². The molecule has 1 heterocycles. The van der Waals surface area contributed by atoms with Gasteiger partial charge in [0.1, 0.15) is 10.6 Å². The summed E-state index contributed by atoms with van der Waals surface area (Å²) >= 11 is 3.17. The molecule has 0 fully saturated rings. The van der Waals surface area contributed by atoms with Gasteiger partial charge in [0.2, 0.25) is 15.8 Å². The molecule has 0 aliphatic carbocycles. The van der Waals surface area contributed by atoms with Gasteiger partial charge in [-0.05, 0) is 23.4 Å². The van der Waals surface area contributed by atoms with E-state index in [1.165, 1.54) is 16.9 Å². The van der Waals surface area contributed by atoms with E-state index in [-0.39, 0.29) is 17.3 Å². The molecule has 2 aromatic rings. The number of halogens is 1. The second-order valence-electron chi connectivity index (χ2n) is 3.62. The van der Waals surface area contributed by atoms with Crippen LogP contribution in [0, 0.1) is 0 Å². The minimum Gasteiger partial charge on any atom is -0.484 e. The van der Waals surface area contributed by atoms with Crippen LogP contribution in [0.4, 0.5) is 0 Å². The van der Waals surface area contributed by atoms with Gasteiger partial charge in [-0.1, -0.05) is 15.9 Å². The van der Waals surface area contributed by atoms with Crippen LogP contribution >= 0.6 is 15.9 Å². The number of nitrogens with two attached hydrogens (primary N) is 1. The number of hydrogen-bond donors (Lipinski definition) is 1. The van der Waals surface area contributed by atoms with Crippen LogP contribution in [0.3, 0.4) is 0 Å². The minimum absolute atomic E-state index is 0.00199. The van der Waals surface area contributed by atoms with E-state index in [9.17, 15) is 8.42 Å². The fourth-order valence-electron chi connectivity index (χ4n) is 1.35. The molecule has 19 heavy (non-hydrogen) atoms. The van der Waals surface area contributed by atoms with E-state index in [2.05, 4.69) is 31.3 Å². The van der Waals surface area contributed by atoms with Crippen molar-refractivity contribution in [1.82, 2.24) is 20.2 Å². The van der Waals surface area contributed by atoms with Crippen molar-refractivity contribution in [1.29, 1.82) is 0 Å². The fourth-order valence-corrected chi connectivity index (χ4v) is 2.56. The Labute approximate surface area is 117 Å². The molecular formula is C9H10BrN5O3S. The highest BCUT2D eigenvalue weighted by atomic mass is 79.9. The van der Waals surface area contributed by atoms with Gasteiger partial charge in [0.05, 0.1) is 7.05 Å². The smallest absolute Gasteiger partial charge is 0.241 e. The van der Waals surface area contributed by atoms with Gasteiger partial charge in [0.25, 0.3) is 0 Å². The maximum absolute atomic E-state index is 11.5. The number of sulfonamides is 1. The fraction of sp³-hybridized carbons (Fsp3) is 0.222. The lowest BCUT2D eigenvalue weighted by atomic mass is 10.3. The molecule has 102 valence electrons. The third-order valence-corrected chi connectivity index (χ3v) is 3.54. The lowest BCUT2D eigenvalue weighted by Gasteiger charge is -2.08. The first kappa shape index (κ1) is 13.9. The summed E-state index contributed by atoms with van der Waals surface area (Å²) in [7, 11) is -2.25. The van der Waals surface area contributed by atoms with Gasteiger partial charge < -0.3 is 4.74 Å². The number of aryl methyl sites for hydroxylation is 1. The Morgan fingerprint density at radius 2 is 2.21 bits per heavy atom. The lowest BCUT2D eigenvalue weighted by molar-refractivity contribution is 0.287. The van der Waals surface area contributed by atoms with Crippen molar-refractivity contribution in [2.45, 2.75) is 11.5 Å². The van der Waals surface area contributed by atoms with Crippen molar-refractivity contribution in [3.8, 4) is 5.75 Å². The first-order valence-electron chi connectivity index (χ1n) is 5.04. The zero-order chi connectivity index (χ0) is 14.0. The number of tetrazole rings is 1. The first-order valence-corrected chi connectivity index (χ1v) is 7.38. The van der Waals surface area contributed by atoms with Crippen molar-refractivity contribution < 1.29 is 13.2 Å². The number of hydrogen-bond acceptors (Lipinski definition) is 6. The number of aromatic nitrogens is 4. The summed E-state index contributed by atoms with van der Waals surface area (Å²) in [6, 6.07) is 4.52. The molecule has 1 aromatic heterocycles. The highest BCUT2D eigenvalue weighted by molar-refractivity contribution is 9.10. The number of primary sulfonamides is 1. The standard InChI is InChI=1S/C9H10BrN5O3S/c1-15-13-9(12-14-15)5-18-7-3-2-6(10)4-8(7)19(11,16)17/h2-4H,5H2,1H3,(H2,11,16,17). The van der Waals surface area contributed by atoms with Crippen LogP contribution in [0.2, 0.25) is 0 Å². The molecule has 0 spiro atoms. The number of benzene rings is 1. The quantitative estimate of drug-likeness (QED) is 0.844. The van der Waals surface area contributed by atoms with Crippen LogP contribution in [0.5, 0.6) is 5.75 Å². The molecule has 0 unspecified atom stereocenters. The molecule has 0 radical (unpaired) electrons. The summed E-state index contributed by atoms with van der Waals surface area (Å²) in [5.74, 6) is 0.476. The van der Waals surface area contributed by atoms with Gasteiger partial charge in [-0.15, -0.1) is 10.2 Å². The molecule has 10 heteroatoms. The maximum Gasteiger partial charge on any atom is 0.241 e. The van der Waals surface area contributed by atoms with Crippen molar-refractivity contribution >= 4 is 26.0 Å². The number of rotatable bonds is 4. The second-order valence-corrected chi connectivity index (χ2v) is 6.07. The van der Waals surface area contributed by atoms with Crippen LogP contribution in [0.1, 0.15) is 5.82 Å². The number of nitrogens with zero attached hydrogens (tertiary/aromatic N) is 4. The highest BCUT2D eigenvalue weighted by Crippen LogP contribution is 2.26. The molecule has 0 saturated heterocycles. The summed E-state index contributed by atoms with van der Waals surface area (Å²) in [5.41, 5.74) is 0. The van der Waals surface area contributed by atoms with Gasteiger partial charge in [-0.2, -0.15) is 4.80 Å². The molecule has 0 aliphatic rings. The lowest BCUT2D eigenvalue weighted by Crippen LogP contribution is -2.14. The highest BCUT2D eigenvalue weighted by Gasteiger charge is 2.16. The third kappa shape index (κ3) is 3.49. The van der Waals surface area contributed by atoms with Gasteiger partial charge in [0.15, 0.2) is 6.61 Å². The average molecular weight is 348 g/mol. The van der Waals surface area contributed by atoms with Crippen LogP contribution in [-0.2, 0) is 23.7 Å². The van der Waals surface area contributed by atoms with E-state index < -0.39 is 10.0 Å². The van der Waals surface area contributed by atoms with Crippen LogP contribution in [0.15, 0.2) is 27.6 Å². The molecule has 0 amide bonds. The van der Waals surface area contributed by atoms with Crippen molar-refractivity contribution in [3.63, 3.8) is 0 Å². The Hall–Kier alpha value is -1.52. The SMILES string of the molecule is Cn1nnc(COc2ccc(Br)cc2S(N)(=O)=O)n1. The monoisotopic (exact) mass is 347 g/mol. The molecule has 2 rings (SSSR count). The van der Waals surface area contributed by atoms with Crippen LogP contribution in [0.25, 0.3) is 0 Å². The predicted molar refractivity (Wildman–Crippen MR) is 68.6 cm³/mol. The Bertz CT molecular complexity index is 700. The molecule has 0 atom stereocenters. The summed E-state index contributed by atoms with van der Waals surface area (Å²) < 4.78 is 28.8. The average Bonchev–Trinajstić information content (AvgIpc) is 2.72. The largest absolute Gasteiger partial charge is 0.484 e. The normalized spacial score (nSPS) is 11.5. The molecule has 0 aliphatic heterocycles. The van der Waals surface area contributed by atoms with E-state index in [0.29, 0.717) is 10.3 Å². The van der Waals surface area contributed by atoms with Gasteiger partial charge in [-0.25, -0.2) is 13.6 Å². The van der Waals surface area contributed by atoms with Crippen LogP contribution in [-0.4, -0.2) is 28.6 Å². The summed E-state index contributed by atoms with van der Waals surface area (Å²) in [6.07, 6.45) is 0. The van der Waals surface area contributed by atoms with Crippen molar-refractivity contribution in [3.05, 3.63) is 28.5 Å². The minimum atomic E-state index is -3.87. The molecule has 0 saturated carbocycles. The first-order chi connectivity index (χ1) is 8.86. The number of ether oxygens (including phenoxy) is 1. The van der Waals surface area contributed by atoms with E-state index in [4.69, 9.17) is 9.88 Å². The summed E-state index contributed by atoms with van der Waals surface area (Å²) in [5, 5.41) is 16.4. The van der Waals surface area contributed by atoms with Gasteiger partial charge >= 0.3 is 0 Å². The molecule has 1 aromatic carbocycles. The topological polar surface area (TPSA) is 113 Å². The Morgan fingerprint density at radius 1 is 1.47 bits per heavy atom. The Kier molecular flexibility index (Phi) is 3.83. The Balaban J connectivity index is 2.25. The predicted octanol–water partition coefficient (Wildman–Crippen LogP) is 0.199. The van der Waals surface area contributed by atoms with E-state index >= 15 is 0 Å². The summed E-state index contributed by atoms with van der Waals surface area (Å²) in [4.78, 5) is 1.17. The van der Waals surface area contributed by atoms with E-state index in [1.807, 2.05) is 0 Å². The molecule has 2 N–H and O–H groups in total. The summed E-state index contributed by atoms with van der Waals surface area (Å²) in [6.45, 7) is -0.00199. The zero-order valence-corrected chi connectivity index (χ0v) is 12.2. The van der Waals surface area contributed by atoms with Gasteiger partial charge in [-0.3, -0.25) is 0 Å². The van der Waals surface area contributed by atoms with Crippen molar-refractivity contribution in [2.24, 2.45) is 12.2 Å². The van der Waals surface area contributed by atoms with Crippen molar-refractivity contribution in [2.75, 3.05) is 0 Å². The van der Waals surface area contributed by atoms with E-state index in [0.717, 1.165) is 0 Å². The van der Waals surface area contributed by atoms with Gasteiger partial charge in [0, 0.05) is 4.47 Å². The second kappa shape index (κ2) is 5.23. The third-order valence-electron chi connectivity index (χ3n) is 2.12. The van der Waals surface area contributed by atoms with E-state index in [1.54, 1.807) is 13.1 Å². The Morgan fingerprint density at radius 3 is 2.79 bits per heavy atom.